The number of nitriles is 1. The average Bonchev–Trinajstić information content (AvgIpc) is 2.85. The third-order valence-electron chi connectivity index (χ3n) is 2.32. The number of benzene rings is 1. The number of anilines is 2. The first-order valence-electron chi connectivity index (χ1n) is 5.22. The Bertz CT molecular complexity index is 657. The molecule has 0 spiro atoms. The van der Waals surface area contributed by atoms with E-state index in [4.69, 9.17) is 15.7 Å². The third kappa shape index (κ3) is 2.44. The number of rotatable bonds is 3. The van der Waals surface area contributed by atoms with Gasteiger partial charge in [0.1, 0.15) is 17.5 Å². The molecule has 0 saturated heterocycles. The fraction of sp³-hybridized carbons (Fsp3) is 0.0909. The number of hydrogen-bond acceptors (Lipinski definition) is 6. The summed E-state index contributed by atoms with van der Waals surface area (Å²) in [6.07, 6.45) is 0. The van der Waals surface area contributed by atoms with E-state index < -0.39 is 5.91 Å². The number of amides is 1. The van der Waals surface area contributed by atoms with Gasteiger partial charge in [0.05, 0.1) is 12.7 Å². The maximum absolute atomic E-state index is 11.9. The molecule has 0 aliphatic rings. The summed E-state index contributed by atoms with van der Waals surface area (Å²) in [7, 11) is 1.44. The lowest BCUT2D eigenvalue weighted by atomic mass is 10.1. The molecule has 0 radical (unpaired) electrons. The molecule has 2 aromatic rings. The van der Waals surface area contributed by atoms with Crippen LogP contribution in [0.15, 0.2) is 18.2 Å². The number of nitrogen functional groups attached to an aromatic ring is 1. The molecule has 1 amide bonds. The number of para-hydroxylation sites is 1. The standard InChI is InChI=1S/C11H10N6O2/c1-19-7-4-2-3-6(5-12)8(7)14-10(18)9-15-11(13)17-16-9/h2-4H,1H3,(H,14,18)(H3,13,15,16,17). The van der Waals surface area contributed by atoms with E-state index in [0.29, 0.717) is 5.75 Å². The van der Waals surface area contributed by atoms with Gasteiger partial charge in [0.2, 0.25) is 11.8 Å². The summed E-state index contributed by atoms with van der Waals surface area (Å²) in [5, 5.41) is 17.5. The number of carbonyl (C=O) groups excluding carboxylic acids is 1. The van der Waals surface area contributed by atoms with Crippen LogP contribution >= 0.6 is 0 Å². The van der Waals surface area contributed by atoms with Gasteiger partial charge in [0, 0.05) is 0 Å². The Morgan fingerprint density at radius 1 is 1.58 bits per heavy atom. The van der Waals surface area contributed by atoms with Crippen LogP contribution in [0.3, 0.4) is 0 Å². The van der Waals surface area contributed by atoms with E-state index in [0.717, 1.165) is 0 Å². The summed E-state index contributed by atoms with van der Waals surface area (Å²) in [6, 6.07) is 6.81. The molecule has 0 fully saturated rings. The maximum atomic E-state index is 11.9. The van der Waals surface area contributed by atoms with Crippen LogP contribution < -0.4 is 15.8 Å². The summed E-state index contributed by atoms with van der Waals surface area (Å²) in [4.78, 5) is 15.6. The lowest BCUT2D eigenvalue weighted by Gasteiger charge is -2.10. The van der Waals surface area contributed by atoms with Crippen LogP contribution in [-0.4, -0.2) is 28.2 Å². The van der Waals surface area contributed by atoms with Gasteiger partial charge >= 0.3 is 0 Å². The predicted molar refractivity (Wildman–Crippen MR) is 66.5 cm³/mol. The van der Waals surface area contributed by atoms with E-state index in [1.165, 1.54) is 7.11 Å². The molecule has 96 valence electrons. The third-order valence-corrected chi connectivity index (χ3v) is 2.32. The molecule has 1 heterocycles. The lowest BCUT2D eigenvalue weighted by Crippen LogP contribution is -2.15. The van der Waals surface area contributed by atoms with E-state index in [2.05, 4.69) is 20.5 Å². The second-order valence-corrected chi connectivity index (χ2v) is 3.49. The number of hydrogen-bond donors (Lipinski definition) is 3. The van der Waals surface area contributed by atoms with Crippen LogP contribution in [0, 0.1) is 11.3 Å². The van der Waals surface area contributed by atoms with Crippen LogP contribution in [0.5, 0.6) is 5.75 Å². The minimum atomic E-state index is -0.565. The maximum Gasteiger partial charge on any atom is 0.293 e. The van der Waals surface area contributed by atoms with Crippen LogP contribution in [0.25, 0.3) is 0 Å². The fourth-order valence-electron chi connectivity index (χ4n) is 1.47. The summed E-state index contributed by atoms with van der Waals surface area (Å²) in [5.41, 5.74) is 5.86. The molecule has 4 N–H and O–H groups in total. The second kappa shape index (κ2) is 5.05. The van der Waals surface area contributed by atoms with Gasteiger partial charge in [-0.2, -0.15) is 10.2 Å². The number of nitrogens with zero attached hydrogens (tertiary/aromatic N) is 3. The Morgan fingerprint density at radius 2 is 2.37 bits per heavy atom. The molecule has 19 heavy (non-hydrogen) atoms. The average molecular weight is 258 g/mol. The van der Waals surface area contributed by atoms with Crippen molar-refractivity contribution in [2.45, 2.75) is 0 Å². The van der Waals surface area contributed by atoms with Crippen molar-refractivity contribution < 1.29 is 9.53 Å². The zero-order valence-corrected chi connectivity index (χ0v) is 9.97. The molecule has 8 heteroatoms. The molecular weight excluding hydrogens is 248 g/mol. The highest BCUT2D eigenvalue weighted by molar-refractivity contribution is 6.03. The van der Waals surface area contributed by atoms with Gasteiger partial charge in [-0.3, -0.25) is 9.89 Å². The molecule has 1 aromatic heterocycles. The van der Waals surface area contributed by atoms with Gasteiger partial charge in [-0.05, 0) is 12.1 Å². The zero-order valence-electron chi connectivity index (χ0n) is 9.97. The number of carbonyl (C=O) groups is 1. The van der Waals surface area contributed by atoms with Crippen molar-refractivity contribution >= 4 is 17.5 Å². The van der Waals surface area contributed by atoms with Crippen molar-refractivity contribution in [1.82, 2.24) is 15.2 Å². The largest absolute Gasteiger partial charge is 0.495 e. The number of nitrogens with two attached hydrogens (primary N) is 1. The van der Waals surface area contributed by atoms with Crippen LogP contribution in [0.4, 0.5) is 11.6 Å². The minimum absolute atomic E-state index is 0.0364. The Kier molecular flexibility index (Phi) is 3.29. The molecule has 0 unspecified atom stereocenters. The number of methoxy groups -OCH3 is 1. The Morgan fingerprint density at radius 3 is 2.95 bits per heavy atom. The van der Waals surface area contributed by atoms with Crippen molar-refractivity contribution in [3.05, 3.63) is 29.6 Å². The summed E-state index contributed by atoms with van der Waals surface area (Å²) in [6.45, 7) is 0. The predicted octanol–water partition coefficient (Wildman–Crippen LogP) is 0.519. The molecule has 2 rings (SSSR count). The quantitative estimate of drug-likeness (QED) is 0.735. The molecule has 0 aliphatic heterocycles. The fourth-order valence-corrected chi connectivity index (χ4v) is 1.47. The van der Waals surface area contributed by atoms with Gasteiger partial charge < -0.3 is 15.8 Å². The molecule has 0 bridgehead atoms. The number of aromatic nitrogens is 3. The van der Waals surface area contributed by atoms with Gasteiger partial charge in [0.15, 0.2) is 0 Å². The van der Waals surface area contributed by atoms with Crippen molar-refractivity contribution in [2.24, 2.45) is 0 Å². The van der Waals surface area contributed by atoms with E-state index in [9.17, 15) is 4.79 Å². The van der Waals surface area contributed by atoms with Gasteiger partial charge in [-0.1, -0.05) is 6.07 Å². The van der Waals surface area contributed by atoms with Crippen molar-refractivity contribution in [3.8, 4) is 11.8 Å². The number of ether oxygens (including phenoxy) is 1. The second-order valence-electron chi connectivity index (χ2n) is 3.49. The topological polar surface area (TPSA) is 130 Å². The molecule has 0 atom stereocenters. The van der Waals surface area contributed by atoms with Crippen molar-refractivity contribution in [1.29, 1.82) is 5.26 Å². The summed E-state index contributed by atoms with van der Waals surface area (Å²) < 4.78 is 5.09. The molecule has 0 aliphatic carbocycles. The first kappa shape index (κ1) is 12.4. The zero-order chi connectivity index (χ0) is 13.8. The Hall–Kier alpha value is -3.08. The Balaban J connectivity index is 2.33. The first-order chi connectivity index (χ1) is 9.15. The summed E-state index contributed by atoms with van der Waals surface area (Å²) >= 11 is 0. The van der Waals surface area contributed by atoms with E-state index in [-0.39, 0.29) is 23.0 Å². The minimum Gasteiger partial charge on any atom is -0.495 e. The Labute approximate surface area is 108 Å². The molecule has 1 aromatic carbocycles. The monoisotopic (exact) mass is 258 g/mol. The lowest BCUT2D eigenvalue weighted by molar-refractivity contribution is 0.101. The van der Waals surface area contributed by atoms with Crippen molar-refractivity contribution in [3.63, 3.8) is 0 Å². The van der Waals surface area contributed by atoms with Gasteiger partial charge in [-0.25, -0.2) is 0 Å². The highest BCUT2D eigenvalue weighted by Crippen LogP contribution is 2.28. The van der Waals surface area contributed by atoms with E-state index in [1.54, 1.807) is 18.2 Å². The SMILES string of the molecule is COc1cccc(C#N)c1NC(=O)c1nc(N)n[nH]1. The molecule has 8 nitrogen and oxygen atoms in total. The smallest absolute Gasteiger partial charge is 0.293 e. The normalized spacial score (nSPS) is 9.68. The van der Waals surface area contributed by atoms with Gasteiger partial charge in [-0.15, -0.1) is 5.10 Å². The highest BCUT2D eigenvalue weighted by Gasteiger charge is 2.16. The van der Waals surface area contributed by atoms with Crippen LogP contribution in [0.2, 0.25) is 0 Å². The summed E-state index contributed by atoms with van der Waals surface area (Å²) in [5.74, 6) is -0.275. The van der Waals surface area contributed by atoms with E-state index >= 15 is 0 Å². The van der Waals surface area contributed by atoms with Crippen LogP contribution in [0.1, 0.15) is 16.2 Å². The van der Waals surface area contributed by atoms with Gasteiger partial charge in [0.25, 0.3) is 5.91 Å². The number of nitrogens with one attached hydrogen (secondary N) is 2. The highest BCUT2D eigenvalue weighted by atomic mass is 16.5. The molecule has 0 saturated carbocycles. The van der Waals surface area contributed by atoms with Crippen molar-refractivity contribution in [2.75, 3.05) is 18.2 Å². The number of aromatic amines is 1. The molecular formula is C11H10N6O2. The number of H-pyrrole nitrogens is 1. The van der Waals surface area contributed by atoms with E-state index in [1.807, 2.05) is 6.07 Å². The first-order valence-corrected chi connectivity index (χ1v) is 5.22. The van der Waals surface area contributed by atoms with Crippen LogP contribution in [-0.2, 0) is 0 Å².